The second-order valence-corrected chi connectivity index (χ2v) is 6.63. The minimum atomic E-state index is 0.00706. The maximum atomic E-state index is 12.2. The van der Waals surface area contributed by atoms with Gasteiger partial charge in [0.2, 0.25) is 0 Å². The molecular weight excluding hydrogens is 304 g/mol. The van der Waals surface area contributed by atoms with Crippen molar-refractivity contribution >= 4 is 21.8 Å². The third-order valence-corrected chi connectivity index (χ3v) is 4.68. The Balaban J connectivity index is 1.92. The monoisotopic (exact) mass is 324 g/mol. The molecule has 0 bridgehead atoms. The highest BCUT2D eigenvalue weighted by molar-refractivity contribution is 9.10. The largest absolute Gasteiger partial charge is 0.351 e. The molecule has 2 rings (SSSR count). The quantitative estimate of drug-likeness (QED) is 0.927. The Bertz CT molecular complexity index is 453. The van der Waals surface area contributed by atoms with Crippen LogP contribution in [0.3, 0.4) is 0 Å². The van der Waals surface area contributed by atoms with E-state index in [4.69, 9.17) is 0 Å². The molecule has 0 radical (unpaired) electrons. The van der Waals surface area contributed by atoms with Crippen molar-refractivity contribution in [3.63, 3.8) is 0 Å². The molecule has 3 nitrogen and oxygen atoms in total. The Morgan fingerprint density at radius 3 is 2.63 bits per heavy atom. The summed E-state index contributed by atoms with van der Waals surface area (Å²) < 4.78 is 0.848. The molecule has 0 aliphatic carbocycles. The molecule has 0 aromatic heterocycles. The standard InChI is InChI=1S/C15H21BrN2O/c1-15(7-9-18(2)10-8-15)11-17-14(19)12-5-3-4-6-13(12)16/h3-6H,7-11H2,1-2H3,(H,17,19). The molecule has 1 saturated heterocycles. The molecule has 1 aliphatic rings. The van der Waals surface area contributed by atoms with Crippen molar-refractivity contribution in [3.05, 3.63) is 34.3 Å². The molecule has 1 aliphatic heterocycles. The molecule has 1 heterocycles. The average molecular weight is 325 g/mol. The first kappa shape index (κ1) is 14.5. The molecule has 1 aromatic carbocycles. The summed E-state index contributed by atoms with van der Waals surface area (Å²) in [6.45, 7) is 5.24. The van der Waals surface area contributed by atoms with Gasteiger partial charge < -0.3 is 10.2 Å². The van der Waals surface area contributed by atoms with Crippen LogP contribution >= 0.6 is 15.9 Å². The number of benzene rings is 1. The number of rotatable bonds is 3. The maximum Gasteiger partial charge on any atom is 0.252 e. The number of likely N-dealkylation sites (tertiary alicyclic amines) is 1. The Hall–Kier alpha value is -0.870. The lowest BCUT2D eigenvalue weighted by Gasteiger charge is -2.38. The van der Waals surface area contributed by atoms with Crippen molar-refractivity contribution in [2.45, 2.75) is 19.8 Å². The fraction of sp³-hybridized carbons (Fsp3) is 0.533. The summed E-state index contributed by atoms with van der Waals surface area (Å²) in [4.78, 5) is 14.5. The van der Waals surface area contributed by atoms with Gasteiger partial charge in [0, 0.05) is 11.0 Å². The van der Waals surface area contributed by atoms with E-state index in [0.717, 1.165) is 36.9 Å². The molecule has 0 saturated carbocycles. The fourth-order valence-corrected chi connectivity index (χ4v) is 2.83. The second kappa shape index (κ2) is 6.06. The van der Waals surface area contributed by atoms with Crippen molar-refractivity contribution in [1.82, 2.24) is 10.2 Å². The van der Waals surface area contributed by atoms with E-state index in [2.05, 4.69) is 40.1 Å². The number of nitrogens with zero attached hydrogens (tertiary/aromatic N) is 1. The predicted molar refractivity (Wildman–Crippen MR) is 81.3 cm³/mol. The number of carbonyl (C=O) groups is 1. The van der Waals surface area contributed by atoms with Gasteiger partial charge in [0.15, 0.2) is 0 Å². The molecule has 19 heavy (non-hydrogen) atoms. The first-order chi connectivity index (χ1) is 9.00. The predicted octanol–water partition coefficient (Wildman–Crippen LogP) is 2.91. The third-order valence-electron chi connectivity index (χ3n) is 3.99. The van der Waals surface area contributed by atoms with Crippen LogP contribution in [0.2, 0.25) is 0 Å². The third kappa shape index (κ3) is 3.80. The van der Waals surface area contributed by atoms with Crippen LogP contribution in [0.25, 0.3) is 0 Å². The number of piperidine rings is 1. The van der Waals surface area contributed by atoms with Gasteiger partial charge in [-0.25, -0.2) is 0 Å². The zero-order valence-electron chi connectivity index (χ0n) is 11.6. The summed E-state index contributed by atoms with van der Waals surface area (Å²) in [5, 5.41) is 3.08. The molecule has 4 heteroatoms. The van der Waals surface area contributed by atoms with Gasteiger partial charge in [0.25, 0.3) is 5.91 Å². The zero-order chi connectivity index (χ0) is 13.9. The summed E-state index contributed by atoms with van der Waals surface area (Å²) in [5.74, 6) is 0.00706. The Labute approximate surface area is 123 Å². The van der Waals surface area contributed by atoms with Crippen molar-refractivity contribution in [1.29, 1.82) is 0 Å². The van der Waals surface area contributed by atoms with Gasteiger partial charge in [-0.15, -0.1) is 0 Å². The van der Waals surface area contributed by atoms with E-state index in [1.54, 1.807) is 0 Å². The highest BCUT2D eigenvalue weighted by atomic mass is 79.9. The highest BCUT2D eigenvalue weighted by Gasteiger charge is 2.29. The molecule has 0 unspecified atom stereocenters. The number of carbonyl (C=O) groups excluding carboxylic acids is 1. The van der Waals surface area contributed by atoms with Crippen LogP contribution in [0, 0.1) is 5.41 Å². The van der Waals surface area contributed by atoms with E-state index in [9.17, 15) is 4.79 Å². The smallest absolute Gasteiger partial charge is 0.252 e. The van der Waals surface area contributed by atoms with Crippen LogP contribution in [-0.4, -0.2) is 37.5 Å². The summed E-state index contributed by atoms with van der Waals surface area (Å²) in [6, 6.07) is 7.54. The Morgan fingerprint density at radius 2 is 2.00 bits per heavy atom. The van der Waals surface area contributed by atoms with Gasteiger partial charge in [-0.2, -0.15) is 0 Å². The molecule has 1 N–H and O–H groups in total. The Morgan fingerprint density at radius 1 is 1.37 bits per heavy atom. The summed E-state index contributed by atoms with van der Waals surface area (Å²) in [5.41, 5.74) is 0.933. The van der Waals surface area contributed by atoms with E-state index < -0.39 is 0 Å². The van der Waals surface area contributed by atoms with E-state index in [1.165, 1.54) is 0 Å². The minimum absolute atomic E-state index is 0.00706. The van der Waals surface area contributed by atoms with Crippen LogP contribution in [0.4, 0.5) is 0 Å². The van der Waals surface area contributed by atoms with Gasteiger partial charge >= 0.3 is 0 Å². The van der Waals surface area contributed by atoms with Gasteiger partial charge in [0.05, 0.1) is 5.56 Å². The maximum absolute atomic E-state index is 12.2. The molecule has 1 fully saturated rings. The van der Waals surface area contributed by atoms with Gasteiger partial charge in [-0.3, -0.25) is 4.79 Å². The van der Waals surface area contributed by atoms with Gasteiger partial charge in [-0.05, 0) is 66.5 Å². The highest BCUT2D eigenvalue weighted by Crippen LogP contribution is 2.29. The molecular formula is C15H21BrN2O. The van der Waals surface area contributed by atoms with E-state index >= 15 is 0 Å². The number of amides is 1. The second-order valence-electron chi connectivity index (χ2n) is 5.78. The van der Waals surface area contributed by atoms with Crippen LogP contribution in [0.5, 0.6) is 0 Å². The zero-order valence-corrected chi connectivity index (χ0v) is 13.2. The summed E-state index contributed by atoms with van der Waals surface area (Å²) in [6.07, 6.45) is 2.28. The van der Waals surface area contributed by atoms with Crippen LogP contribution in [0.15, 0.2) is 28.7 Å². The average Bonchev–Trinajstić information content (AvgIpc) is 2.41. The first-order valence-electron chi connectivity index (χ1n) is 6.71. The normalized spacial score (nSPS) is 19.1. The van der Waals surface area contributed by atoms with Crippen molar-refractivity contribution in [3.8, 4) is 0 Å². The lowest BCUT2D eigenvalue weighted by atomic mass is 9.80. The number of hydrogen-bond acceptors (Lipinski definition) is 2. The lowest BCUT2D eigenvalue weighted by molar-refractivity contribution is 0.0891. The van der Waals surface area contributed by atoms with E-state index in [1.807, 2.05) is 24.3 Å². The molecule has 0 atom stereocenters. The first-order valence-corrected chi connectivity index (χ1v) is 7.51. The molecule has 1 aromatic rings. The minimum Gasteiger partial charge on any atom is -0.351 e. The van der Waals surface area contributed by atoms with Crippen molar-refractivity contribution in [2.24, 2.45) is 5.41 Å². The molecule has 0 spiro atoms. The van der Waals surface area contributed by atoms with Crippen LogP contribution < -0.4 is 5.32 Å². The molecule has 1 amide bonds. The van der Waals surface area contributed by atoms with Crippen molar-refractivity contribution < 1.29 is 4.79 Å². The topological polar surface area (TPSA) is 32.3 Å². The summed E-state index contributed by atoms with van der Waals surface area (Å²) in [7, 11) is 2.15. The Kier molecular flexibility index (Phi) is 4.63. The summed E-state index contributed by atoms with van der Waals surface area (Å²) >= 11 is 3.42. The SMILES string of the molecule is CN1CCC(C)(CNC(=O)c2ccccc2Br)CC1. The van der Waals surface area contributed by atoms with Gasteiger partial charge in [-0.1, -0.05) is 19.1 Å². The lowest BCUT2D eigenvalue weighted by Crippen LogP contribution is -2.43. The number of halogens is 1. The van der Waals surface area contributed by atoms with Crippen LogP contribution in [-0.2, 0) is 0 Å². The van der Waals surface area contributed by atoms with Crippen LogP contribution in [0.1, 0.15) is 30.1 Å². The number of hydrogen-bond donors (Lipinski definition) is 1. The fourth-order valence-electron chi connectivity index (χ4n) is 2.37. The van der Waals surface area contributed by atoms with E-state index in [0.29, 0.717) is 5.56 Å². The molecule has 104 valence electrons. The van der Waals surface area contributed by atoms with Gasteiger partial charge in [0.1, 0.15) is 0 Å². The number of nitrogens with one attached hydrogen (secondary N) is 1. The van der Waals surface area contributed by atoms with E-state index in [-0.39, 0.29) is 11.3 Å². The van der Waals surface area contributed by atoms with Crippen molar-refractivity contribution in [2.75, 3.05) is 26.7 Å².